The van der Waals surface area contributed by atoms with E-state index in [0.717, 1.165) is 0 Å². The first-order valence-electron chi connectivity index (χ1n) is 4.39. The lowest BCUT2D eigenvalue weighted by Crippen LogP contribution is -2.36. The Hall–Kier alpha value is -0.940. The second-order valence-electron chi connectivity index (χ2n) is 3.96. The van der Waals surface area contributed by atoms with Gasteiger partial charge >= 0.3 is 5.97 Å². The van der Waals surface area contributed by atoms with E-state index >= 15 is 0 Å². The number of hydrogen-bond acceptors (Lipinski definition) is 4. The highest BCUT2D eigenvalue weighted by molar-refractivity contribution is 9.12. The van der Waals surface area contributed by atoms with Crippen LogP contribution >= 0.6 is 15.9 Å². The molecule has 1 N–H and O–H groups in total. The summed E-state index contributed by atoms with van der Waals surface area (Å²) in [5.74, 6) is -1.02. The highest BCUT2D eigenvalue weighted by Crippen LogP contribution is 2.45. The quantitative estimate of drug-likeness (QED) is 0.664. The van der Waals surface area contributed by atoms with Gasteiger partial charge in [0.15, 0.2) is 17.0 Å². The predicted octanol–water partition coefficient (Wildman–Crippen LogP) is 0.841. The van der Waals surface area contributed by atoms with Crippen molar-refractivity contribution in [2.75, 3.05) is 0 Å². The molecule has 0 aromatic heterocycles. The largest absolute Gasteiger partial charge is 0.448 e. The minimum Gasteiger partial charge on any atom is -0.448 e. The second kappa shape index (κ2) is 2.80. The average Bonchev–Trinajstić information content (AvgIpc) is 2.29. The molecule has 0 radical (unpaired) electrons. The summed E-state index contributed by atoms with van der Waals surface area (Å²) >= 11 is 3.09. The van der Waals surface area contributed by atoms with Crippen molar-refractivity contribution in [3.8, 4) is 0 Å². The zero-order valence-corrected chi connectivity index (χ0v) is 9.79. The summed E-state index contributed by atoms with van der Waals surface area (Å²) in [6, 6.07) is 0. The molecule has 15 heavy (non-hydrogen) atoms. The number of fused-ring (bicyclic) bond motifs is 1. The van der Waals surface area contributed by atoms with Gasteiger partial charge in [-0.25, -0.2) is 4.79 Å². The van der Waals surface area contributed by atoms with Crippen LogP contribution in [0.5, 0.6) is 0 Å². The van der Waals surface area contributed by atoms with Crippen LogP contribution < -0.4 is 0 Å². The van der Waals surface area contributed by atoms with E-state index < -0.39 is 17.2 Å². The minimum atomic E-state index is -1.74. The van der Waals surface area contributed by atoms with Gasteiger partial charge in [-0.2, -0.15) is 0 Å². The van der Waals surface area contributed by atoms with Crippen LogP contribution in [0.1, 0.15) is 13.8 Å². The molecule has 1 aliphatic heterocycles. The fourth-order valence-electron chi connectivity index (χ4n) is 1.91. The van der Waals surface area contributed by atoms with Crippen molar-refractivity contribution in [2.24, 2.45) is 0 Å². The van der Waals surface area contributed by atoms with Crippen LogP contribution in [0.25, 0.3) is 0 Å². The van der Waals surface area contributed by atoms with E-state index in [2.05, 4.69) is 15.9 Å². The van der Waals surface area contributed by atoms with Gasteiger partial charge in [-0.05, 0) is 41.9 Å². The predicted molar refractivity (Wildman–Crippen MR) is 55.2 cm³/mol. The first-order valence-corrected chi connectivity index (χ1v) is 5.18. The van der Waals surface area contributed by atoms with Gasteiger partial charge in [0, 0.05) is 5.57 Å². The van der Waals surface area contributed by atoms with E-state index in [0.29, 0.717) is 0 Å². The Bertz CT molecular complexity index is 433. The first-order chi connectivity index (χ1) is 6.79. The van der Waals surface area contributed by atoms with Crippen LogP contribution in [0, 0.1) is 0 Å². The molecule has 1 fully saturated rings. The standard InChI is InChI=1S/C10H9BrO4/c1-9-4-3-5(12)6(11)7(9)10(2,14)8(13)15-9/h3-4,14H,1-2H3/t9-,10-/m0/s1. The molecule has 5 heteroatoms. The zero-order chi connectivity index (χ0) is 11.4. The molecule has 0 spiro atoms. The molecule has 1 saturated heterocycles. The maximum Gasteiger partial charge on any atom is 0.343 e. The smallest absolute Gasteiger partial charge is 0.343 e. The van der Waals surface area contributed by atoms with Crippen LogP contribution in [-0.4, -0.2) is 28.1 Å². The molecule has 1 aliphatic carbocycles. The third kappa shape index (κ3) is 1.23. The van der Waals surface area contributed by atoms with E-state index in [9.17, 15) is 14.7 Å². The van der Waals surface area contributed by atoms with Gasteiger partial charge in [0.1, 0.15) is 0 Å². The Balaban J connectivity index is 2.69. The molecule has 80 valence electrons. The molecular weight excluding hydrogens is 264 g/mol. The lowest BCUT2D eigenvalue weighted by Gasteiger charge is -2.26. The van der Waals surface area contributed by atoms with E-state index in [1.165, 1.54) is 19.1 Å². The van der Waals surface area contributed by atoms with Crippen molar-refractivity contribution in [1.29, 1.82) is 0 Å². The van der Waals surface area contributed by atoms with Gasteiger partial charge in [0.2, 0.25) is 0 Å². The molecule has 2 aliphatic rings. The Morgan fingerprint density at radius 1 is 1.40 bits per heavy atom. The van der Waals surface area contributed by atoms with E-state index in [1.807, 2.05) is 0 Å². The molecule has 0 saturated carbocycles. The Kier molecular flexibility index (Phi) is 1.97. The maximum atomic E-state index is 11.4. The van der Waals surface area contributed by atoms with E-state index in [1.54, 1.807) is 6.92 Å². The van der Waals surface area contributed by atoms with Gasteiger partial charge in [0.05, 0.1) is 4.48 Å². The maximum absolute atomic E-state index is 11.4. The topological polar surface area (TPSA) is 63.6 Å². The molecule has 0 unspecified atom stereocenters. The van der Waals surface area contributed by atoms with E-state index in [4.69, 9.17) is 4.74 Å². The Morgan fingerprint density at radius 2 is 2.00 bits per heavy atom. The number of carbonyl (C=O) groups excluding carboxylic acids is 2. The van der Waals surface area contributed by atoms with Crippen molar-refractivity contribution in [2.45, 2.75) is 25.0 Å². The van der Waals surface area contributed by atoms with Crippen LogP contribution in [0.2, 0.25) is 0 Å². The molecule has 0 bridgehead atoms. The van der Waals surface area contributed by atoms with Crippen molar-refractivity contribution in [3.05, 3.63) is 22.2 Å². The van der Waals surface area contributed by atoms with Gasteiger partial charge in [-0.1, -0.05) is 0 Å². The number of rotatable bonds is 0. The summed E-state index contributed by atoms with van der Waals surface area (Å²) in [5, 5.41) is 9.96. The number of carbonyl (C=O) groups is 2. The number of ether oxygens (including phenoxy) is 1. The second-order valence-corrected chi connectivity index (χ2v) is 4.75. The summed E-state index contributed by atoms with van der Waals surface area (Å²) in [5.41, 5.74) is -2.49. The van der Waals surface area contributed by atoms with Crippen molar-refractivity contribution in [1.82, 2.24) is 0 Å². The van der Waals surface area contributed by atoms with Crippen molar-refractivity contribution < 1.29 is 19.4 Å². The van der Waals surface area contributed by atoms with E-state index in [-0.39, 0.29) is 15.8 Å². The normalized spacial score (nSPS) is 39.5. The van der Waals surface area contributed by atoms with Crippen LogP contribution in [0.3, 0.4) is 0 Å². The van der Waals surface area contributed by atoms with Crippen LogP contribution in [0.4, 0.5) is 0 Å². The molecule has 1 heterocycles. The molecule has 0 aromatic carbocycles. The average molecular weight is 273 g/mol. The fourth-order valence-corrected chi connectivity index (χ4v) is 2.82. The van der Waals surface area contributed by atoms with Gasteiger partial charge < -0.3 is 9.84 Å². The number of esters is 1. The Morgan fingerprint density at radius 3 is 2.60 bits per heavy atom. The lowest BCUT2D eigenvalue weighted by atomic mass is 9.82. The van der Waals surface area contributed by atoms with Crippen molar-refractivity contribution >= 4 is 27.7 Å². The number of aliphatic hydroxyl groups is 1. The van der Waals surface area contributed by atoms with Gasteiger partial charge in [0.25, 0.3) is 0 Å². The first kappa shape index (κ1) is 10.6. The summed E-state index contributed by atoms with van der Waals surface area (Å²) in [7, 11) is 0. The van der Waals surface area contributed by atoms with Gasteiger partial charge in [-0.3, -0.25) is 4.79 Å². The molecular formula is C10H9BrO4. The summed E-state index contributed by atoms with van der Waals surface area (Å²) in [6.45, 7) is 2.95. The highest BCUT2D eigenvalue weighted by atomic mass is 79.9. The summed E-state index contributed by atoms with van der Waals surface area (Å²) in [4.78, 5) is 22.9. The zero-order valence-electron chi connectivity index (χ0n) is 8.20. The summed E-state index contributed by atoms with van der Waals surface area (Å²) < 4.78 is 5.27. The monoisotopic (exact) mass is 272 g/mol. The van der Waals surface area contributed by atoms with Crippen molar-refractivity contribution in [3.63, 3.8) is 0 Å². The number of ketones is 1. The third-order valence-corrected chi connectivity index (χ3v) is 3.46. The highest BCUT2D eigenvalue weighted by Gasteiger charge is 2.57. The van der Waals surface area contributed by atoms with Crippen LogP contribution in [-0.2, 0) is 14.3 Å². The minimum absolute atomic E-state index is 0.198. The lowest BCUT2D eigenvalue weighted by molar-refractivity contribution is -0.155. The molecule has 4 nitrogen and oxygen atoms in total. The number of hydrogen-bond donors (Lipinski definition) is 1. The van der Waals surface area contributed by atoms with Gasteiger partial charge in [-0.15, -0.1) is 0 Å². The molecule has 2 rings (SSSR count). The molecule has 0 amide bonds. The summed E-state index contributed by atoms with van der Waals surface area (Å²) in [6.07, 6.45) is 2.80. The Labute approximate surface area is 94.7 Å². The number of allylic oxidation sites excluding steroid dienone is 2. The molecule has 0 aromatic rings. The third-order valence-electron chi connectivity index (χ3n) is 2.67. The SMILES string of the molecule is C[C@@]1(O)C(=O)O[C@@]2(C)C=CC(=O)C(Br)=C12. The number of halogens is 1. The fraction of sp³-hybridized carbons (Fsp3) is 0.400. The van der Waals surface area contributed by atoms with Crippen LogP contribution in [0.15, 0.2) is 22.2 Å². The molecule has 2 atom stereocenters.